The normalized spacial score (nSPS) is 12.8. The topological polar surface area (TPSA) is 34.8 Å². The molecule has 0 spiro atoms. The Labute approximate surface area is 109 Å². The van der Waals surface area contributed by atoms with Crippen LogP contribution in [0.1, 0.15) is 37.7 Å². The quantitative estimate of drug-likeness (QED) is 0.849. The van der Waals surface area contributed by atoms with Crippen LogP contribution in [0, 0.1) is 0 Å². The van der Waals surface area contributed by atoms with E-state index in [1.165, 1.54) is 5.56 Å². The Morgan fingerprint density at radius 3 is 2.89 bits per heavy atom. The van der Waals surface area contributed by atoms with E-state index in [1.807, 2.05) is 19.4 Å². The number of hydrogen-bond acceptors (Lipinski definition) is 2. The van der Waals surface area contributed by atoms with Crippen molar-refractivity contribution in [1.29, 1.82) is 0 Å². The molecule has 0 amide bonds. The van der Waals surface area contributed by atoms with Crippen molar-refractivity contribution in [2.45, 2.75) is 32.9 Å². The average molecular weight is 246 g/mol. The molecule has 2 rings (SSSR count). The summed E-state index contributed by atoms with van der Waals surface area (Å²) in [5.74, 6) is 1.08. The monoisotopic (exact) mass is 246 g/mol. The summed E-state index contributed by atoms with van der Waals surface area (Å²) in [4.78, 5) is 4.34. The minimum Gasteiger partial charge on any atom is -0.346 e. The second-order valence-electron chi connectivity index (χ2n) is 4.75. The molecule has 0 aliphatic rings. The number of rotatable bonds is 6. The van der Waals surface area contributed by atoms with Crippen molar-refractivity contribution >= 4 is 0 Å². The minimum atomic E-state index is 0.410. The van der Waals surface area contributed by atoms with Gasteiger partial charge in [-0.1, -0.05) is 6.92 Å². The molecule has 0 aromatic carbocycles. The summed E-state index contributed by atoms with van der Waals surface area (Å²) < 4.78 is 4.24. The summed E-state index contributed by atoms with van der Waals surface area (Å²) in [6.45, 7) is 6.28. The first-order chi connectivity index (χ1) is 8.70. The summed E-state index contributed by atoms with van der Waals surface area (Å²) >= 11 is 0. The lowest BCUT2D eigenvalue weighted by molar-refractivity contribution is 0.569. The van der Waals surface area contributed by atoms with Crippen LogP contribution in [-0.2, 0) is 13.6 Å². The predicted molar refractivity (Wildman–Crippen MR) is 73.5 cm³/mol. The molecule has 0 fully saturated rings. The molecule has 2 aromatic rings. The van der Waals surface area contributed by atoms with Crippen LogP contribution in [0.5, 0.6) is 0 Å². The number of aryl methyl sites for hydroxylation is 1. The van der Waals surface area contributed by atoms with Gasteiger partial charge >= 0.3 is 0 Å². The molecule has 1 N–H and O–H groups in total. The van der Waals surface area contributed by atoms with E-state index in [1.54, 1.807) is 0 Å². The van der Waals surface area contributed by atoms with E-state index >= 15 is 0 Å². The third-order valence-corrected chi connectivity index (χ3v) is 3.22. The van der Waals surface area contributed by atoms with Crippen LogP contribution < -0.4 is 5.32 Å². The molecule has 18 heavy (non-hydrogen) atoms. The van der Waals surface area contributed by atoms with E-state index in [0.717, 1.165) is 25.3 Å². The minimum absolute atomic E-state index is 0.410. The molecule has 0 aliphatic heterocycles. The highest BCUT2D eigenvalue weighted by molar-refractivity contribution is 5.15. The Bertz CT molecular complexity index is 483. The molecule has 2 heterocycles. The molecule has 4 heteroatoms. The molecule has 1 atom stereocenters. The molecular formula is C14H22N4. The lowest BCUT2D eigenvalue weighted by Crippen LogP contribution is -2.18. The maximum atomic E-state index is 4.34. The van der Waals surface area contributed by atoms with Crippen molar-refractivity contribution in [2.75, 3.05) is 6.54 Å². The van der Waals surface area contributed by atoms with Gasteiger partial charge in [0, 0.05) is 37.9 Å². The molecule has 0 saturated heterocycles. The Morgan fingerprint density at radius 1 is 1.39 bits per heavy atom. The van der Waals surface area contributed by atoms with Crippen molar-refractivity contribution in [3.05, 3.63) is 42.2 Å². The van der Waals surface area contributed by atoms with Crippen LogP contribution in [0.3, 0.4) is 0 Å². The Balaban J connectivity index is 2.00. The summed E-state index contributed by atoms with van der Waals surface area (Å²) in [5, 5.41) is 3.50. The zero-order valence-corrected chi connectivity index (χ0v) is 11.4. The maximum Gasteiger partial charge on any atom is 0.128 e. The van der Waals surface area contributed by atoms with Crippen molar-refractivity contribution in [2.24, 2.45) is 7.05 Å². The van der Waals surface area contributed by atoms with Gasteiger partial charge in [0.25, 0.3) is 0 Å². The highest BCUT2D eigenvalue weighted by Crippen LogP contribution is 2.13. The highest BCUT2D eigenvalue weighted by atomic mass is 15.1. The molecule has 4 nitrogen and oxygen atoms in total. The number of nitrogens with one attached hydrogen (secondary N) is 1. The van der Waals surface area contributed by atoms with Gasteiger partial charge < -0.3 is 14.5 Å². The molecule has 0 radical (unpaired) electrons. The van der Waals surface area contributed by atoms with Crippen molar-refractivity contribution in [3.63, 3.8) is 0 Å². The van der Waals surface area contributed by atoms with Gasteiger partial charge in [0.1, 0.15) is 5.82 Å². The van der Waals surface area contributed by atoms with Gasteiger partial charge in [0.15, 0.2) is 0 Å². The highest BCUT2D eigenvalue weighted by Gasteiger charge is 2.07. The fourth-order valence-electron chi connectivity index (χ4n) is 2.00. The van der Waals surface area contributed by atoms with E-state index in [-0.39, 0.29) is 0 Å². The van der Waals surface area contributed by atoms with Crippen LogP contribution in [0.4, 0.5) is 0 Å². The second-order valence-corrected chi connectivity index (χ2v) is 4.75. The van der Waals surface area contributed by atoms with Gasteiger partial charge in [-0.3, -0.25) is 0 Å². The van der Waals surface area contributed by atoms with Crippen LogP contribution in [0.15, 0.2) is 30.9 Å². The first-order valence-electron chi connectivity index (χ1n) is 6.56. The first-order valence-corrected chi connectivity index (χ1v) is 6.56. The number of aromatic nitrogens is 3. The summed E-state index contributed by atoms with van der Waals surface area (Å²) in [7, 11) is 2.03. The average Bonchev–Trinajstić information content (AvgIpc) is 2.97. The second kappa shape index (κ2) is 5.87. The van der Waals surface area contributed by atoms with Crippen molar-refractivity contribution in [3.8, 4) is 0 Å². The van der Waals surface area contributed by atoms with Crippen LogP contribution >= 0.6 is 0 Å². The smallest absolute Gasteiger partial charge is 0.128 e. The van der Waals surface area contributed by atoms with Crippen LogP contribution in [-0.4, -0.2) is 20.7 Å². The molecule has 0 bridgehead atoms. The fraction of sp³-hybridized carbons (Fsp3) is 0.500. The van der Waals surface area contributed by atoms with Gasteiger partial charge in [-0.15, -0.1) is 0 Å². The van der Waals surface area contributed by atoms with Crippen molar-refractivity contribution in [1.82, 2.24) is 19.4 Å². The maximum absolute atomic E-state index is 4.34. The third-order valence-electron chi connectivity index (χ3n) is 3.22. The predicted octanol–water partition coefficient (Wildman–Crippen LogP) is 2.33. The van der Waals surface area contributed by atoms with Gasteiger partial charge in [-0.05, 0) is 31.5 Å². The van der Waals surface area contributed by atoms with E-state index in [4.69, 9.17) is 0 Å². The Hall–Kier alpha value is -1.55. The molecule has 0 aliphatic carbocycles. The first kappa shape index (κ1) is 12.9. The van der Waals surface area contributed by atoms with Gasteiger partial charge in [-0.25, -0.2) is 4.98 Å². The number of imidazole rings is 1. The van der Waals surface area contributed by atoms with Gasteiger partial charge in [0.05, 0.1) is 6.54 Å². The summed E-state index contributed by atoms with van der Waals surface area (Å²) in [6.07, 6.45) is 9.30. The summed E-state index contributed by atoms with van der Waals surface area (Å²) in [5.41, 5.74) is 1.33. The molecule has 0 saturated carbocycles. The summed E-state index contributed by atoms with van der Waals surface area (Å²) in [6, 6.07) is 2.59. The lowest BCUT2D eigenvalue weighted by Gasteiger charge is -2.11. The standard InChI is InChI=1S/C14H22N4/c1-4-6-15-12(2)13-5-8-18(10-13)11-14-16-7-9-17(14)3/h5,7-10,12,15H,4,6,11H2,1-3H3. The fourth-order valence-corrected chi connectivity index (χ4v) is 2.00. The molecule has 1 unspecified atom stereocenters. The number of nitrogens with zero attached hydrogens (tertiary/aromatic N) is 3. The van der Waals surface area contributed by atoms with Gasteiger partial charge in [0.2, 0.25) is 0 Å². The Morgan fingerprint density at radius 2 is 2.22 bits per heavy atom. The zero-order chi connectivity index (χ0) is 13.0. The largest absolute Gasteiger partial charge is 0.346 e. The number of hydrogen-bond donors (Lipinski definition) is 1. The van der Waals surface area contributed by atoms with Crippen molar-refractivity contribution < 1.29 is 0 Å². The zero-order valence-electron chi connectivity index (χ0n) is 11.4. The van der Waals surface area contributed by atoms with Crippen LogP contribution in [0.25, 0.3) is 0 Å². The molecule has 98 valence electrons. The molecular weight excluding hydrogens is 224 g/mol. The van der Waals surface area contributed by atoms with E-state index in [0.29, 0.717) is 6.04 Å². The lowest BCUT2D eigenvalue weighted by atomic mass is 10.2. The van der Waals surface area contributed by atoms with Gasteiger partial charge in [-0.2, -0.15) is 0 Å². The molecule has 2 aromatic heterocycles. The Kier molecular flexibility index (Phi) is 4.20. The van der Waals surface area contributed by atoms with E-state index in [2.05, 4.69) is 51.7 Å². The SMILES string of the molecule is CCCNC(C)c1ccn(Cc2nccn2C)c1. The third kappa shape index (κ3) is 3.01. The van der Waals surface area contributed by atoms with E-state index in [9.17, 15) is 0 Å². The van der Waals surface area contributed by atoms with Crippen LogP contribution in [0.2, 0.25) is 0 Å². The van der Waals surface area contributed by atoms with E-state index < -0.39 is 0 Å².